The molecule has 0 aliphatic carbocycles. The van der Waals surface area contributed by atoms with Crippen molar-refractivity contribution in [3.8, 4) is 0 Å². The number of benzene rings is 1. The quantitative estimate of drug-likeness (QED) is 0.639. The lowest BCUT2D eigenvalue weighted by atomic mass is 9.92. The molecule has 160 valence electrons. The van der Waals surface area contributed by atoms with Crippen molar-refractivity contribution < 1.29 is 9.59 Å². The van der Waals surface area contributed by atoms with Gasteiger partial charge in [-0.2, -0.15) is 0 Å². The number of halogens is 1. The summed E-state index contributed by atoms with van der Waals surface area (Å²) in [5.74, 6) is 0.652. The van der Waals surface area contributed by atoms with Crippen LogP contribution in [0.4, 0.5) is 0 Å². The van der Waals surface area contributed by atoms with Crippen molar-refractivity contribution >= 4 is 23.4 Å². The van der Waals surface area contributed by atoms with Crippen LogP contribution in [0, 0.1) is 5.92 Å². The Morgan fingerprint density at radius 1 is 1.20 bits per heavy atom. The summed E-state index contributed by atoms with van der Waals surface area (Å²) in [6, 6.07) is 13.3. The van der Waals surface area contributed by atoms with E-state index in [1.807, 2.05) is 54.4 Å². The van der Waals surface area contributed by atoms with Crippen molar-refractivity contribution in [2.24, 2.45) is 5.92 Å². The number of pyridine rings is 1. The molecule has 2 aromatic rings. The van der Waals surface area contributed by atoms with Gasteiger partial charge in [-0.25, -0.2) is 0 Å². The molecule has 3 rings (SSSR count). The van der Waals surface area contributed by atoms with Gasteiger partial charge in [-0.1, -0.05) is 35.9 Å². The number of carbonyl (C=O) groups is 2. The highest BCUT2D eigenvalue weighted by atomic mass is 35.5. The maximum Gasteiger partial charge on any atom is 0.227 e. The Morgan fingerprint density at radius 3 is 2.77 bits per heavy atom. The number of carbonyl (C=O) groups excluding carboxylic acids is 2. The Morgan fingerprint density at radius 2 is 2.00 bits per heavy atom. The maximum absolute atomic E-state index is 12.7. The normalized spacial score (nSPS) is 16.3. The van der Waals surface area contributed by atoms with Crippen LogP contribution in [0.2, 0.25) is 5.02 Å². The smallest absolute Gasteiger partial charge is 0.227 e. The molecule has 1 aromatic heterocycles. The Kier molecular flexibility index (Phi) is 8.26. The Hall–Kier alpha value is -2.40. The van der Waals surface area contributed by atoms with E-state index in [2.05, 4.69) is 4.98 Å². The number of piperidine rings is 1. The fourth-order valence-electron chi connectivity index (χ4n) is 3.92. The Balaban J connectivity index is 1.42. The summed E-state index contributed by atoms with van der Waals surface area (Å²) in [7, 11) is 1.85. The number of rotatable bonds is 8. The summed E-state index contributed by atoms with van der Waals surface area (Å²) < 4.78 is 0. The van der Waals surface area contributed by atoms with Gasteiger partial charge in [0.05, 0.1) is 6.42 Å². The van der Waals surface area contributed by atoms with E-state index < -0.39 is 0 Å². The zero-order valence-electron chi connectivity index (χ0n) is 17.6. The lowest BCUT2D eigenvalue weighted by Crippen LogP contribution is -2.41. The molecule has 30 heavy (non-hydrogen) atoms. The first-order valence-corrected chi connectivity index (χ1v) is 11.1. The third-order valence-electron chi connectivity index (χ3n) is 5.79. The lowest BCUT2D eigenvalue weighted by molar-refractivity contribution is -0.132. The molecule has 0 radical (unpaired) electrons. The highest BCUT2D eigenvalue weighted by Gasteiger charge is 2.25. The third kappa shape index (κ3) is 6.56. The molecule has 1 unspecified atom stereocenters. The van der Waals surface area contributed by atoms with Gasteiger partial charge in [0.25, 0.3) is 0 Å². The molecular formula is C24H30ClN3O2. The van der Waals surface area contributed by atoms with E-state index >= 15 is 0 Å². The zero-order chi connectivity index (χ0) is 21.3. The topological polar surface area (TPSA) is 53.5 Å². The van der Waals surface area contributed by atoms with Crippen LogP contribution in [0.5, 0.6) is 0 Å². The van der Waals surface area contributed by atoms with Crippen LogP contribution in [0.15, 0.2) is 48.7 Å². The highest BCUT2D eigenvalue weighted by molar-refractivity contribution is 6.31. The summed E-state index contributed by atoms with van der Waals surface area (Å²) in [6.07, 6.45) is 6.28. The molecule has 0 N–H and O–H groups in total. The number of likely N-dealkylation sites (N-methyl/N-ethyl adjacent to an activating group) is 1. The van der Waals surface area contributed by atoms with E-state index in [1.165, 1.54) is 0 Å². The molecule has 1 aliphatic rings. The molecule has 0 bridgehead atoms. The number of hydrogen-bond acceptors (Lipinski definition) is 3. The van der Waals surface area contributed by atoms with Crippen molar-refractivity contribution in [1.29, 1.82) is 0 Å². The fraction of sp³-hybridized carbons (Fsp3) is 0.458. The van der Waals surface area contributed by atoms with Crippen molar-refractivity contribution in [2.75, 3.05) is 26.7 Å². The first-order valence-electron chi connectivity index (χ1n) is 10.7. The minimum atomic E-state index is 0.117. The number of likely N-dealkylation sites (tertiary alicyclic amines) is 1. The van der Waals surface area contributed by atoms with E-state index in [-0.39, 0.29) is 11.8 Å². The van der Waals surface area contributed by atoms with Crippen LogP contribution in [0.25, 0.3) is 0 Å². The second-order valence-electron chi connectivity index (χ2n) is 8.04. The molecule has 6 heteroatoms. The molecule has 1 fully saturated rings. The number of nitrogens with zero attached hydrogens (tertiary/aromatic N) is 3. The lowest BCUT2D eigenvalue weighted by Gasteiger charge is -2.33. The van der Waals surface area contributed by atoms with Crippen molar-refractivity contribution in [2.45, 2.75) is 38.5 Å². The van der Waals surface area contributed by atoms with Gasteiger partial charge in [-0.05, 0) is 48.9 Å². The standard InChI is InChI=1S/C24H30ClN3O2/c1-27(16-13-21-9-4-5-14-26-21)23(29)12-11-19-7-6-15-28(18-19)24(30)17-20-8-2-3-10-22(20)25/h2-5,8-10,14,19H,6-7,11-13,15-18H2,1H3. The molecule has 0 spiro atoms. The van der Waals surface area contributed by atoms with Gasteiger partial charge >= 0.3 is 0 Å². The van der Waals surface area contributed by atoms with Gasteiger partial charge in [0.2, 0.25) is 11.8 Å². The molecule has 0 saturated carbocycles. The second-order valence-corrected chi connectivity index (χ2v) is 8.45. The van der Waals surface area contributed by atoms with Gasteiger partial charge in [0.1, 0.15) is 0 Å². The Labute approximate surface area is 184 Å². The first-order chi connectivity index (χ1) is 14.5. The summed E-state index contributed by atoms with van der Waals surface area (Å²) in [5.41, 5.74) is 1.87. The number of hydrogen-bond donors (Lipinski definition) is 0. The van der Waals surface area contributed by atoms with Gasteiger partial charge in [-0.3, -0.25) is 14.6 Å². The third-order valence-corrected chi connectivity index (χ3v) is 6.16. The Bertz CT molecular complexity index is 843. The average Bonchev–Trinajstić information content (AvgIpc) is 2.78. The molecule has 1 atom stereocenters. The SMILES string of the molecule is CN(CCc1ccccn1)C(=O)CCC1CCCN(C(=O)Cc2ccccc2Cl)C1. The molecule has 1 aromatic carbocycles. The average molecular weight is 428 g/mol. The highest BCUT2D eigenvalue weighted by Crippen LogP contribution is 2.23. The number of aromatic nitrogens is 1. The van der Waals surface area contributed by atoms with Gasteiger partial charge in [-0.15, -0.1) is 0 Å². The molecule has 2 heterocycles. The van der Waals surface area contributed by atoms with Crippen LogP contribution in [-0.2, 0) is 22.4 Å². The molecule has 5 nitrogen and oxygen atoms in total. The maximum atomic E-state index is 12.7. The monoisotopic (exact) mass is 427 g/mol. The van der Waals surface area contributed by atoms with E-state index in [1.54, 1.807) is 11.1 Å². The van der Waals surface area contributed by atoms with E-state index in [4.69, 9.17) is 11.6 Å². The van der Waals surface area contributed by atoms with Gasteiger partial charge in [0.15, 0.2) is 0 Å². The minimum Gasteiger partial charge on any atom is -0.345 e. The van der Waals surface area contributed by atoms with Crippen LogP contribution in [0.1, 0.15) is 36.9 Å². The fourth-order valence-corrected chi connectivity index (χ4v) is 4.12. The van der Waals surface area contributed by atoms with E-state index in [0.29, 0.717) is 30.3 Å². The summed E-state index contributed by atoms with van der Waals surface area (Å²) in [6.45, 7) is 2.19. The molecule has 1 saturated heterocycles. The molecule has 1 aliphatic heterocycles. The summed E-state index contributed by atoms with van der Waals surface area (Å²) in [5, 5.41) is 0.638. The van der Waals surface area contributed by atoms with Crippen molar-refractivity contribution in [1.82, 2.24) is 14.8 Å². The van der Waals surface area contributed by atoms with Crippen LogP contribution in [0.3, 0.4) is 0 Å². The van der Waals surface area contributed by atoms with Crippen LogP contribution >= 0.6 is 11.6 Å². The summed E-state index contributed by atoms with van der Waals surface area (Å²) >= 11 is 6.20. The number of amides is 2. The first kappa shape index (κ1) is 22.3. The van der Waals surface area contributed by atoms with Crippen LogP contribution in [-0.4, -0.2) is 53.3 Å². The predicted octanol–water partition coefficient (Wildman–Crippen LogP) is 4.00. The second kappa shape index (κ2) is 11.1. The van der Waals surface area contributed by atoms with Crippen molar-refractivity contribution in [3.05, 3.63) is 64.9 Å². The zero-order valence-corrected chi connectivity index (χ0v) is 18.4. The van der Waals surface area contributed by atoms with Crippen molar-refractivity contribution in [3.63, 3.8) is 0 Å². The minimum absolute atomic E-state index is 0.117. The summed E-state index contributed by atoms with van der Waals surface area (Å²) in [4.78, 5) is 33.3. The van der Waals surface area contributed by atoms with E-state index in [9.17, 15) is 9.59 Å². The van der Waals surface area contributed by atoms with E-state index in [0.717, 1.165) is 50.0 Å². The molecule has 2 amide bonds. The molecular weight excluding hydrogens is 398 g/mol. The predicted molar refractivity (Wildman–Crippen MR) is 119 cm³/mol. The van der Waals surface area contributed by atoms with Crippen LogP contribution < -0.4 is 0 Å². The van der Waals surface area contributed by atoms with Gasteiger partial charge in [0, 0.05) is 56.4 Å². The van der Waals surface area contributed by atoms with Gasteiger partial charge < -0.3 is 9.80 Å². The largest absolute Gasteiger partial charge is 0.345 e.